The molecule has 0 aromatic carbocycles. The van der Waals surface area contributed by atoms with E-state index in [-0.39, 0.29) is 0 Å². The van der Waals surface area contributed by atoms with Gasteiger partial charge < -0.3 is 5.32 Å². The lowest BCUT2D eigenvalue weighted by Gasteiger charge is -2.07. The Morgan fingerprint density at radius 1 is 1.17 bits per heavy atom. The van der Waals surface area contributed by atoms with Crippen LogP contribution in [0.2, 0.25) is 0 Å². The standard InChI is InChI=1S/C8H12N2.C2H6/c1-7(2)10-8-3-5-9-6-4-8;1-2/h3-7H,1-2H3,(H,9,10);1-2H3. The minimum atomic E-state index is 0.488. The maximum Gasteiger partial charge on any atom is 0.0372 e. The van der Waals surface area contributed by atoms with Crippen LogP contribution in [0.25, 0.3) is 0 Å². The zero-order valence-corrected chi connectivity index (χ0v) is 8.33. The van der Waals surface area contributed by atoms with Crippen molar-refractivity contribution in [2.75, 3.05) is 5.32 Å². The molecule has 2 heteroatoms. The highest BCUT2D eigenvalue weighted by atomic mass is 14.9. The fourth-order valence-electron chi connectivity index (χ4n) is 0.781. The Balaban J connectivity index is 0.000000561. The van der Waals surface area contributed by atoms with Crippen LogP contribution >= 0.6 is 0 Å². The molecule has 0 unspecified atom stereocenters. The number of hydrogen-bond acceptors (Lipinski definition) is 2. The minimum absolute atomic E-state index is 0.488. The van der Waals surface area contributed by atoms with E-state index in [2.05, 4.69) is 24.1 Å². The Bertz CT molecular complexity index is 182. The second-order valence-electron chi connectivity index (χ2n) is 2.53. The molecule has 68 valence electrons. The fraction of sp³-hybridized carbons (Fsp3) is 0.500. The van der Waals surface area contributed by atoms with Crippen LogP contribution in [0.1, 0.15) is 27.7 Å². The smallest absolute Gasteiger partial charge is 0.0372 e. The van der Waals surface area contributed by atoms with E-state index in [1.165, 1.54) is 0 Å². The van der Waals surface area contributed by atoms with Gasteiger partial charge in [-0.15, -0.1) is 0 Å². The van der Waals surface area contributed by atoms with Gasteiger partial charge in [-0.1, -0.05) is 13.8 Å². The number of hydrogen-bond donors (Lipinski definition) is 1. The molecule has 0 atom stereocenters. The van der Waals surface area contributed by atoms with Gasteiger partial charge in [-0.3, -0.25) is 4.98 Å². The van der Waals surface area contributed by atoms with E-state index in [0.29, 0.717) is 6.04 Å². The highest BCUT2D eigenvalue weighted by Gasteiger charge is 1.91. The lowest BCUT2D eigenvalue weighted by atomic mass is 10.3. The monoisotopic (exact) mass is 166 g/mol. The largest absolute Gasteiger partial charge is 0.383 e. The topological polar surface area (TPSA) is 24.9 Å². The Kier molecular flexibility index (Phi) is 6.07. The van der Waals surface area contributed by atoms with Crippen molar-refractivity contribution < 1.29 is 0 Å². The van der Waals surface area contributed by atoms with Gasteiger partial charge in [0.25, 0.3) is 0 Å². The summed E-state index contributed by atoms with van der Waals surface area (Å²) < 4.78 is 0. The van der Waals surface area contributed by atoms with E-state index in [4.69, 9.17) is 0 Å². The van der Waals surface area contributed by atoms with Crippen molar-refractivity contribution in [3.8, 4) is 0 Å². The number of pyridine rings is 1. The third kappa shape index (κ3) is 4.72. The van der Waals surface area contributed by atoms with E-state index in [9.17, 15) is 0 Å². The number of nitrogens with one attached hydrogen (secondary N) is 1. The van der Waals surface area contributed by atoms with Crippen LogP contribution < -0.4 is 5.32 Å². The van der Waals surface area contributed by atoms with Gasteiger partial charge in [0.2, 0.25) is 0 Å². The zero-order valence-electron chi connectivity index (χ0n) is 8.33. The summed E-state index contributed by atoms with van der Waals surface area (Å²) in [5.41, 5.74) is 1.13. The molecule has 1 heterocycles. The van der Waals surface area contributed by atoms with Crippen molar-refractivity contribution >= 4 is 5.69 Å². The van der Waals surface area contributed by atoms with Crippen LogP contribution in [0, 0.1) is 0 Å². The van der Waals surface area contributed by atoms with Crippen LogP contribution in [-0.2, 0) is 0 Å². The number of rotatable bonds is 2. The Labute approximate surface area is 75.0 Å². The summed E-state index contributed by atoms with van der Waals surface area (Å²) in [6, 6.07) is 4.40. The zero-order chi connectivity index (χ0) is 9.40. The van der Waals surface area contributed by atoms with E-state index in [1.807, 2.05) is 26.0 Å². The molecule has 0 aliphatic rings. The van der Waals surface area contributed by atoms with Crippen molar-refractivity contribution in [2.24, 2.45) is 0 Å². The summed E-state index contributed by atoms with van der Waals surface area (Å²) in [5, 5.41) is 3.26. The van der Waals surface area contributed by atoms with Crippen LogP contribution in [0.3, 0.4) is 0 Å². The van der Waals surface area contributed by atoms with E-state index in [0.717, 1.165) is 5.69 Å². The van der Waals surface area contributed by atoms with Gasteiger partial charge in [-0.05, 0) is 26.0 Å². The van der Waals surface area contributed by atoms with Gasteiger partial charge in [0, 0.05) is 24.1 Å². The highest BCUT2D eigenvalue weighted by molar-refractivity contribution is 5.41. The molecule has 0 radical (unpaired) electrons. The first-order chi connectivity index (χ1) is 5.79. The molecule has 1 aromatic rings. The molecule has 1 rings (SSSR count). The molecule has 1 aromatic heterocycles. The molecule has 0 aliphatic carbocycles. The van der Waals surface area contributed by atoms with Gasteiger partial charge in [0.05, 0.1) is 0 Å². The minimum Gasteiger partial charge on any atom is -0.383 e. The van der Waals surface area contributed by atoms with Crippen molar-refractivity contribution in [1.82, 2.24) is 4.98 Å². The highest BCUT2D eigenvalue weighted by Crippen LogP contribution is 2.04. The van der Waals surface area contributed by atoms with Crippen LogP contribution in [0.15, 0.2) is 24.5 Å². The molecule has 12 heavy (non-hydrogen) atoms. The summed E-state index contributed by atoms with van der Waals surface area (Å²) in [6.45, 7) is 8.22. The molecule has 1 N–H and O–H groups in total. The second kappa shape index (κ2) is 6.65. The maximum atomic E-state index is 3.91. The molecule has 0 saturated heterocycles. The third-order valence-electron chi connectivity index (χ3n) is 1.14. The van der Waals surface area contributed by atoms with Gasteiger partial charge in [0.15, 0.2) is 0 Å². The maximum absolute atomic E-state index is 3.91. The number of aromatic nitrogens is 1. The molecule has 0 amide bonds. The summed E-state index contributed by atoms with van der Waals surface area (Å²) >= 11 is 0. The molecule has 0 saturated carbocycles. The van der Waals surface area contributed by atoms with E-state index in [1.54, 1.807) is 12.4 Å². The second-order valence-corrected chi connectivity index (χ2v) is 2.53. The van der Waals surface area contributed by atoms with Crippen molar-refractivity contribution in [2.45, 2.75) is 33.7 Å². The fourth-order valence-corrected chi connectivity index (χ4v) is 0.781. The van der Waals surface area contributed by atoms with Gasteiger partial charge >= 0.3 is 0 Å². The third-order valence-corrected chi connectivity index (χ3v) is 1.14. The summed E-state index contributed by atoms with van der Waals surface area (Å²) in [7, 11) is 0. The summed E-state index contributed by atoms with van der Waals surface area (Å²) in [6.07, 6.45) is 3.56. The lowest BCUT2D eigenvalue weighted by molar-refractivity contribution is 0.899. The predicted octanol–water partition coefficient (Wildman–Crippen LogP) is 2.93. The van der Waals surface area contributed by atoms with Crippen molar-refractivity contribution in [1.29, 1.82) is 0 Å². The SMILES string of the molecule is CC.CC(C)Nc1ccncc1. The Morgan fingerprint density at radius 2 is 1.67 bits per heavy atom. The molecule has 0 bridgehead atoms. The molecule has 0 spiro atoms. The van der Waals surface area contributed by atoms with Crippen LogP contribution in [0.5, 0.6) is 0 Å². The predicted molar refractivity (Wildman–Crippen MR) is 54.3 cm³/mol. The first kappa shape index (κ1) is 11.0. The quantitative estimate of drug-likeness (QED) is 0.730. The van der Waals surface area contributed by atoms with Crippen LogP contribution in [-0.4, -0.2) is 11.0 Å². The van der Waals surface area contributed by atoms with Gasteiger partial charge in [-0.25, -0.2) is 0 Å². The first-order valence-electron chi connectivity index (χ1n) is 4.45. The van der Waals surface area contributed by atoms with Gasteiger partial charge in [-0.2, -0.15) is 0 Å². The first-order valence-corrected chi connectivity index (χ1v) is 4.45. The van der Waals surface area contributed by atoms with Gasteiger partial charge in [0.1, 0.15) is 0 Å². The Morgan fingerprint density at radius 3 is 2.08 bits per heavy atom. The van der Waals surface area contributed by atoms with E-state index < -0.39 is 0 Å². The molecule has 0 fully saturated rings. The van der Waals surface area contributed by atoms with Crippen LogP contribution in [0.4, 0.5) is 5.69 Å². The van der Waals surface area contributed by atoms with Crippen molar-refractivity contribution in [3.05, 3.63) is 24.5 Å². The average molecular weight is 166 g/mol. The Hall–Kier alpha value is -1.05. The average Bonchev–Trinajstić information content (AvgIpc) is 2.08. The summed E-state index contributed by atoms with van der Waals surface area (Å²) in [4.78, 5) is 3.91. The molecular formula is C10H18N2. The van der Waals surface area contributed by atoms with Crippen molar-refractivity contribution in [3.63, 3.8) is 0 Å². The molecule has 2 nitrogen and oxygen atoms in total. The van der Waals surface area contributed by atoms with E-state index >= 15 is 0 Å². The number of nitrogens with zero attached hydrogens (tertiary/aromatic N) is 1. The summed E-state index contributed by atoms with van der Waals surface area (Å²) in [5.74, 6) is 0. The lowest BCUT2D eigenvalue weighted by Crippen LogP contribution is -2.09. The molecule has 0 aliphatic heterocycles. The molecular weight excluding hydrogens is 148 g/mol. The normalized spacial score (nSPS) is 8.75. The number of anilines is 1.